The summed E-state index contributed by atoms with van der Waals surface area (Å²) in [5, 5.41) is 8.04. The Labute approximate surface area is 139 Å². The molecule has 21 heavy (non-hydrogen) atoms. The summed E-state index contributed by atoms with van der Waals surface area (Å²) in [7, 11) is 0. The van der Waals surface area contributed by atoms with Crippen LogP contribution in [0.5, 0.6) is 0 Å². The van der Waals surface area contributed by atoms with Crippen LogP contribution in [0, 0.1) is 6.92 Å². The topological polar surface area (TPSA) is 24.9 Å². The lowest BCUT2D eigenvalue weighted by Gasteiger charge is -2.38. The molecule has 0 radical (unpaired) electrons. The van der Waals surface area contributed by atoms with E-state index in [9.17, 15) is 0 Å². The van der Waals surface area contributed by atoms with Gasteiger partial charge in [0.2, 0.25) is 0 Å². The normalized spacial score (nSPS) is 17.9. The molecule has 1 saturated heterocycles. The minimum absolute atomic E-state index is 0.115. The van der Waals surface area contributed by atoms with Gasteiger partial charge >= 0.3 is 0 Å². The lowest BCUT2D eigenvalue weighted by molar-refractivity contribution is 0.304. The first-order valence-electron chi connectivity index (χ1n) is 7.16. The van der Waals surface area contributed by atoms with Gasteiger partial charge in [-0.25, -0.2) is 4.98 Å². The number of halogens is 2. The van der Waals surface area contributed by atoms with E-state index in [0.29, 0.717) is 10.0 Å². The molecule has 0 saturated carbocycles. The van der Waals surface area contributed by atoms with Crippen molar-refractivity contribution in [2.24, 2.45) is 0 Å². The maximum absolute atomic E-state index is 6.24. The molecule has 2 aromatic rings. The third kappa shape index (κ3) is 3.26. The summed E-state index contributed by atoms with van der Waals surface area (Å²) in [6.45, 7) is 4.11. The molecule has 2 nitrogen and oxygen atoms in total. The van der Waals surface area contributed by atoms with Crippen LogP contribution in [0.25, 0.3) is 0 Å². The quantitative estimate of drug-likeness (QED) is 0.881. The van der Waals surface area contributed by atoms with Gasteiger partial charge in [-0.15, -0.1) is 11.3 Å². The molecule has 3 rings (SSSR count). The van der Waals surface area contributed by atoms with E-state index in [1.165, 1.54) is 10.6 Å². The van der Waals surface area contributed by atoms with Crippen LogP contribution in [0.1, 0.15) is 29.1 Å². The van der Waals surface area contributed by atoms with Gasteiger partial charge in [0.25, 0.3) is 0 Å². The first-order valence-corrected chi connectivity index (χ1v) is 8.80. The highest BCUT2D eigenvalue weighted by Crippen LogP contribution is 2.39. The number of nitrogens with one attached hydrogen (secondary N) is 1. The van der Waals surface area contributed by atoms with Crippen molar-refractivity contribution in [3.8, 4) is 0 Å². The SMILES string of the molecule is Cc1csc(CC2(c3ccc(Cl)c(Cl)c3)CCNCC2)n1. The lowest BCUT2D eigenvalue weighted by Crippen LogP contribution is -2.41. The van der Waals surface area contributed by atoms with Crippen molar-refractivity contribution in [1.29, 1.82) is 0 Å². The fraction of sp³-hybridized carbons (Fsp3) is 0.438. The summed E-state index contributed by atoms with van der Waals surface area (Å²) < 4.78 is 0. The van der Waals surface area contributed by atoms with E-state index in [-0.39, 0.29) is 5.41 Å². The van der Waals surface area contributed by atoms with Crippen LogP contribution in [0.15, 0.2) is 23.6 Å². The summed E-state index contributed by atoms with van der Waals surface area (Å²) in [6, 6.07) is 6.08. The summed E-state index contributed by atoms with van der Waals surface area (Å²) in [6.07, 6.45) is 3.18. The van der Waals surface area contributed by atoms with Crippen LogP contribution in [0.3, 0.4) is 0 Å². The molecule has 1 aliphatic heterocycles. The zero-order valence-corrected chi connectivity index (χ0v) is 14.3. The van der Waals surface area contributed by atoms with E-state index in [0.717, 1.165) is 38.0 Å². The van der Waals surface area contributed by atoms with Gasteiger partial charge in [0.15, 0.2) is 0 Å². The molecule has 0 unspecified atom stereocenters. The molecule has 0 bridgehead atoms. The van der Waals surface area contributed by atoms with E-state index in [2.05, 4.69) is 21.7 Å². The average molecular weight is 341 g/mol. The Kier molecular flexibility index (Phi) is 4.55. The molecule has 1 fully saturated rings. The van der Waals surface area contributed by atoms with E-state index < -0.39 is 0 Å². The van der Waals surface area contributed by atoms with Crippen molar-refractivity contribution in [1.82, 2.24) is 10.3 Å². The third-order valence-electron chi connectivity index (χ3n) is 4.25. The van der Waals surface area contributed by atoms with Gasteiger partial charge in [0.1, 0.15) is 0 Å². The number of hydrogen-bond acceptors (Lipinski definition) is 3. The minimum Gasteiger partial charge on any atom is -0.317 e. The fourth-order valence-corrected chi connectivity index (χ4v) is 4.29. The Morgan fingerprint density at radius 2 is 2.00 bits per heavy atom. The first-order chi connectivity index (χ1) is 10.1. The van der Waals surface area contributed by atoms with E-state index in [1.807, 2.05) is 19.1 Å². The van der Waals surface area contributed by atoms with Crippen molar-refractivity contribution < 1.29 is 0 Å². The number of piperidine rings is 1. The second-order valence-electron chi connectivity index (χ2n) is 5.72. The Bertz CT molecular complexity index is 633. The highest BCUT2D eigenvalue weighted by Gasteiger charge is 2.35. The Balaban J connectivity index is 1.97. The largest absolute Gasteiger partial charge is 0.317 e. The molecule has 1 aromatic carbocycles. The number of nitrogens with zero attached hydrogens (tertiary/aromatic N) is 1. The summed E-state index contributed by atoms with van der Waals surface area (Å²) in [5.41, 5.74) is 2.50. The van der Waals surface area contributed by atoms with Gasteiger partial charge in [-0.1, -0.05) is 29.3 Å². The molecule has 5 heteroatoms. The van der Waals surface area contributed by atoms with Crippen molar-refractivity contribution in [2.45, 2.75) is 31.6 Å². The van der Waals surface area contributed by atoms with Crippen molar-refractivity contribution in [3.63, 3.8) is 0 Å². The molecule has 112 valence electrons. The molecular weight excluding hydrogens is 323 g/mol. The zero-order valence-electron chi connectivity index (χ0n) is 12.0. The van der Waals surface area contributed by atoms with Crippen molar-refractivity contribution >= 4 is 34.5 Å². The second-order valence-corrected chi connectivity index (χ2v) is 7.48. The number of aromatic nitrogens is 1. The predicted molar refractivity (Wildman–Crippen MR) is 90.8 cm³/mol. The molecule has 0 atom stereocenters. The molecule has 0 aliphatic carbocycles. The predicted octanol–water partition coefficient (Wildman–Crippen LogP) is 4.62. The maximum Gasteiger partial charge on any atom is 0.0937 e. The van der Waals surface area contributed by atoms with E-state index in [1.54, 1.807) is 11.3 Å². The molecule has 2 heterocycles. The average Bonchev–Trinajstić information content (AvgIpc) is 2.88. The van der Waals surface area contributed by atoms with Crippen LogP contribution in [-0.2, 0) is 11.8 Å². The first kappa shape index (κ1) is 15.3. The molecule has 1 aliphatic rings. The summed E-state index contributed by atoms with van der Waals surface area (Å²) >= 11 is 14.1. The Hall–Kier alpha value is -0.610. The highest BCUT2D eigenvalue weighted by atomic mass is 35.5. The smallest absolute Gasteiger partial charge is 0.0937 e. The van der Waals surface area contributed by atoms with Gasteiger partial charge in [-0.05, 0) is 50.6 Å². The van der Waals surface area contributed by atoms with Gasteiger partial charge < -0.3 is 5.32 Å². The molecular formula is C16H18Cl2N2S. The van der Waals surface area contributed by atoms with Crippen molar-refractivity contribution in [2.75, 3.05) is 13.1 Å². The molecule has 0 spiro atoms. The number of aryl methyl sites for hydroxylation is 1. The molecule has 0 amide bonds. The number of thiazole rings is 1. The van der Waals surface area contributed by atoms with Gasteiger partial charge in [-0.3, -0.25) is 0 Å². The van der Waals surface area contributed by atoms with Crippen LogP contribution in [-0.4, -0.2) is 18.1 Å². The fourth-order valence-electron chi connectivity index (χ4n) is 3.07. The Morgan fingerprint density at radius 1 is 1.24 bits per heavy atom. The second kappa shape index (κ2) is 6.25. The van der Waals surface area contributed by atoms with E-state index >= 15 is 0 Å². The lowest BCUT2D eigenvalue weighted by atomic mass is 9.71. The number of rotatable bonds is 3. The third-order valence-corrected chi connectivity index (χ3v) is 5.95. The van der Waals surface area contributed by atoms with Crippen LogP contribution in [0.4, 0.5) is 0 Å². The van der Waals surface area contributed by atoms with Crippen LogP contribution in [0.2, 0.25) is 10.0 Å². The van der Waals surface area contributed by atoms with Gasteiger partial charge in [0.05, 0.1) is 15.1 Å². The van der Waals surface area contributed by atoms with Crippen molar-refractivity contribution in [3.05, 3.63) is 49.9 Å². The number of hydrogen-bond donors (Lipinski definition) is 1. The Morgan fingerprint density at radius 3 is 2.62 bits per heavy atom. The minimum atomic E-state index is 0.115. The standard InChI is InChI=1S/C16H18Cl2N2S/c1-11-10-21-15(20-11)9-16(4-6-19-7-5-16)12-2-3-13(17)14(18)8-12/h2-3,8,10,19H,4-7,9H2,1H3. The molecule has 1 N–H and O–H groups in total. The monoisotopic (exact) mass is 340 g/mol. The summed E-state index contributed by atoms with van der Waals surface area (Å²) in [4.78, 5) is 4.65. The summed E-state index contributed by atoms with van der Waals surface area (Å²) in [5.74, 6) is 0. The number of benzene rings is 1. The van der Waals surface area contributed by atoms with Crippen LogP contribution < -0.4 is 5.32 Å². The zero-order chi connectivity index (χ0) is 14.9. The van der Waals surface area contributed by atoms with E-state index in [4.69, 9.17) is 23.2 Å². The maximum atomic E-state index is 6.24. The van der Waals surface area contributed by atoms with Gasteiger partial charge in [0, 0.05) is 22.9 Å². The highest BCUT2D eigenvalue weighted by molar-refractivity contribution is 7.09. The van der Waals surface area contributed by atoms with Crippen LogP contribution >= 0.6 is 34.5 Å². The van der Waals surface area contributed by atoms with Gasteiger partial charge in [-0.2, -0.15) is 0 Å². The molecule has 1 aromatic heterocycles.